The van der Waals surface area contributed by atoms with E-state index in [1.54, 1.807) is 6.07 Å². The van der Waals surface area contributed by atoms with Crippen molar-refractivity contribution in [1.29, 1.82) is 0 Å². The maximum Gasteiger partial charge on any atom is 0.437 e. The number of ether oxygens (including phenoxy) is 1. The van der Waals surface area contributed by atoms with Crippen molar-refractivity contribution in [1.82, 2.24) is 19.7 Å². The van der Waals surface area contributed by atoms with Crippen LogP contribution < -0.4 is 15.2 Å². The van der Waals surface area contributed by atoms with Crippen LogP contribution in [-0.4, -0.2) is 45.9 Å². The molecule has 4 heterocycles. The molecule has 172 valence electrons. The van der Waals surface area contributed by atoms with Crippen LogP contribution in [0.2, 0.25) is 0 Å². The van der Waals surface area contributed by atoms with E-state index in [-0.39, 0.29) is 23.7 Å². The Morgan fingerprint density at radius 3 is 2.88 bits per heavy atom. The van der Waals surface area contributed by atoms with Gasteiger partial charge in [-0.15, -0.1) is 0 Å². The van der Waals surface area contributed by atoms with Gasteiger partial charge in [-0.3, -0.25) is 9.48 Å². The summed E-state index contributed by atoms with van der Waals surface area (Å²) in [5.41, 5.74) is -1.22. The summed E-state index contributed by atoms with van der Waals surface area (Å²) in [5.74, 6) is 0.0126. The number of rotatable bonds is 6. The first-order chi connectivity index (χ1) is 15.2. The highest BCUT2D eigenvalue weighted by Crippen LogP contribution is 2.34. The number of nitrogens with one attached hydrogen (secondary N) is 1. The quantitative estimate of drug-likeness (QED) is 0.572. The van der Waals surface area contributed by atoms with Gasteiger partial charge in [0.1, 0.15) is 18.1 Å². The van der Waals surface area contributed by atoms with Crippen LogP contribution in [0.15, 0.2) is 35.4 Å². The number of aromatic nitrogens is 4. The Labute approximate surface area is 178 Å². The van der Waals surface area contributed by atoms with E-state index in [1.165, 1.54) is 18.3 Å². The molecule has 0 aromatic carbocycles. The molecule has 1 aliphatic rings. The largest absolute Gasteiger partial charge is 0.491 e. The van der Waals surface area contributed by atoms with Crippen LogP contribution in [0.4, 0.5) is 27.8 Å². The lowest BCUT2D eigenvalue weighted by Crippen LogP contribution is -2.39. The summed E-state index contributed by atoms with van der Waals surface area (Å²) in [7, 11) is 0. The highest BCUT2D eigenvalue weighted by Gasteiger charge is 2.36. The van der Waals surface area contributed by atoms with Gasteiger partial charge >= 0.3 is 6.18 Å². The number of anilines is 1. The van der Waals surface area contributed by atoms with Gasteiger partial charge in [0.05, 0.1) is 23.7 Å². The van der Waals surface area contributed by atoms with Gasteiger partial charge in [-0.2, -0.15) is 18.3 Å². The number of fused-ring (bicyclic) bond motifs is 1. The molecule has 3 aromatic rings. The molecular formula is C20H20F5N5O2. The standard InChI is InChI=1S/C20H20F5N5O2/c21-16(22)10-30-14-7-17(28-19(31)13(14)8-27-30)29-6-2-3-12(9-29)11-32-15-4-1-5-26-18(15)20(23,24)25/h1,4-5,7-8,12,16H,2-3,6,9-11H2,(H,28,31)/t12-/m0/s1. The molecule has 1 atom stereocenters. The number of hydrogen-bond acceptors (Lipinski definition) is 5. The zero-order chi connectivity index (χ0) is 22.9. The number of nitrogens with zero attached hydrogens (tertiary/aromatic N) is 4. The van der Waals surface area contributed by atoms with Crippen LogP contribution in [0, 0.1) is 5.92 Å². The fourth-order valence-electron chi connectivity index (χ4n) is 3.87. The van der Waals surface area contributed by atoms with Gasteiger partial charge in [0.25, 0.3) is 12.0 Å². The predicted octanol–water partition coefficient (Wildman–Crippen LogP) is 3.70. The minimum atomic E-state index is -4.62. The zero-order valence-electron chi connectivity index (χ0n) is 16.8. The summed E-state index contributed by atoms with van der Waals surface area (Å²) in [5, 5.41) is 4.08. The van der Waals surface area contributed by atoms with Gasteiger partial charge in [-0.1, -0.05) is 0 Å². The Bertz CT molecular complexity index is 1140. The molecule has 0 aliphatic carbocycles. The van der Waals surface area contributed by atoms with Gasteiger partial charge in [-0.05, 0) is 25.0 Å². The molecule has 1 fully saturated rings. The predicted molar refractivity (Wildman–Crippen MR) is 106 cm³/mol. The number of piperidine rings is 1. The molecule has 0 bridgehead atoms. The first-order valence-electron chi connectivity index (χ1n) is 9.99. The van der Waals surface area contributed by atoms with Gasteiger partial charge in [0.15, 0.2) is 5.69 Å². The summed E-state index contributed by atoms with van der Waals surface area (Å²) in [6.07, 6.45) is -3.47. The highest BCUT2D eigenvalue weighted by atomic mass is 19.4. The second-order valence-corrected chi connectivity index (χ2v) is 7.61. The summed E-state index contributed by atoms with van der Waals surface area (Å²) < 4.78 is 71.5. The topological polar surface area (TPSA) is 76.0 Å². The molecule has 3 aromatic heterocycles. The fraction of sp³-hybridized carbons (Fsp3) is 0.450. The lowest BCUT2D eigenvalue weighted by Gasteiger charge is -2.34. The lowest BCUT2D eigenvalue weighted by atomic mass is 9.99. The number of hydrogen-bond donors (Lipinski definition) is 1. The number of alkyl halides is 5. The van der Waals surface area contributed by atoms with Crippen molar-refractivity contribution in [3.05, 3.63) is 46.6 Å². The van der Waals surface area contributed by atoms with Crippen molar-refractivity contribution >= 4 is 16.7 Å². The van der Waals surface area contributed by atoms with Crippen LogP contribution in [0.1, 0.15) is 18.5 Å². The van der Waals surface area contributed by atoms with Gasteiger partial charge in [-0.25, -0.2) is 13.8 Å². The molecule has 1 saturated heterocycles. The van der Waals surface area contributed by atoms with Crippen molar-refractivity contribution in [3.8, 4) is 5.75 Å². The van der Waals surface area contributed by atoms with Gasteiger partial charge in [0.2, 0.25) is 0 Å². The first-order valence-corrected chi connectivity index (χ1v) is 9.99. The maximum absolute atomic E-state index is 13.1. The fourth-order valence-corrected chi connectivity index (χ4v) is 3.87. The molecular weight excluding hydrogens is 437 g/mol. The Hall–Kier alpha value is -3.18. The number of H-pyrrole nitrogens is 1. The van der Waals surface area contributed by atoms with Crippen LogP contribution >= 0.6 is 0 Å². The molecule has 1 aliphatic heterocycles. The number of pyridine rings is 2. The first kappa shape index (κ1) is 22.0. The van der Waals surface area contributed by atoms with Gasteiger partial charge in [0, 0.05) is 31.3 Å². The SMILES string of the molecule is O=c1[nH]c(N2CCC[C@H](COc3cccnc3C(F)(F)F)C2)cc2c1cnn2CC(F)F. The molecule has 0 amide bonds. The molecule has 7 nitrogen and oxygen atoms in total. The van der Waals surface area contributed by atoms with Crippen molar-refractivity contribution in [2.45, 2.75) is 32.0 Å². The molecule has 0 spiro atoms. The van der Waals surface area contributed by atoms with E-state index >= 15 is 0 Å². The van der Waals surface area contributed by atoms with Crippen molar-refractivity contribution in [3.63, 3.8) is 0 Å². The van der Waals surface area contributed by atoms with E-state index in [9.17, 15) is 26.7 Å². The molecule has 4 rings (SSSR count). The van der Waals surface area contributed by atoms with E-state index in [1.807, 2.05) is 4.90 Å². The molecule has 1 N–H and O–H groups in total. The van der Waals surface area contributed by atoms with Crippen LogP contribution in [0.5, 0.6) is 5.75 Å². The third-order valence-corrected chi connectivity index (χ3v) is 5.32. The van der Waals surface area contributed by atoms with Crippen LogP contribution in [0.25, 0.3) is 10.9 Å². The maximum atomic E-state index is 13.1. The van der Waals surface area contributed by atoms with Crippen molar-refractivity contribution in [2.75, 3.05) is 24.6 Å². The Kier molecular flexibility index (Phi) is 6.02. The molecule has 0 saturated carbocycles. The smallest absolute Gasteiger partial charge is 0.437 e. The molecule has 32 heavy (non-hydrogen) atoms. The normalized spacial score (nSPS) is 17.3. The Balaban J connectivity index is 1.50. The second-order valence-electron chi connectivity index (χ2n) is 7.61. The highest BCUT2D eigenvalue weighted by molar-refractivity contribution is 5.80. The average molecular weight is 457 g/mol. The minimum absolute atomic E-state index is 0.0427. The Morgan fingerprint density at radius 2 is 2.12 bits per heavy atom. The monoisotopic (exact) mass is 457 g/mol. The van der Waals surface area contributed by atoms with E-state index in [0.29, 0.717) is 24.4 Å². The average Bonchev–Trinajstić information content (AvgIpc) is 3.14. The molecule has 0 radical (unpaired) electrons. The Morgan fingerprint density at radius 1 is 1.31 bits per heavy atom. The summed E-state index contributed by atoms with van der Waals surface area (Å²) in [6.45, 7) is 0.435. The number of halogens is 5. The summed E-state index contributed by atoms with van der Waals surface area (Å²) in [6, 6.07) is 4.20. The molecule has 0 unspecified atom stereocenters. The third-order valence-electron chi connectivity index (χ3n) is 5.32. The summed E-state index contributed by atoms with van der Waals surface area (Å²) >= 11 is 0. The zero-order valence-corrected chi connectivity index (χ0v) is 16.8. The summed E-state index contributed by atoms with van der Waals surface area (Å²) in [4.78, 5) is 20.4. The van der Waals surface area contributed by atoms with Crippen molar-refractivity contribution in [2.24, 2.45) is 5.92 Å². The number of aromatic amines is 1. The van der Waals surface area contributed by atoms with Crippen LogP contribution in [0.3, 0.4) is 0 Å². The van der Waals surface area contributed by atoms with Gasteiger partial charge < -0.3 is 14.6 Å². The second kappa shape index (κ2) is 8.75. The van der Waals surface area contributed by atoms with Crippen LogP contribution in [-0.2, 0) is 12.7 Å². The van der Waals surface area contributed by atoms with E-state index in [2.05, 4.69) is 15.1 Å². The van der Waals surface area contributed by atoms with E-state index < -0.39 is 30.4 Å². The van der Waals surface area contributed by atoms with E-state index in [0.717, 1.165) is 23.7 Å². The third kappa shape index (κ3) is 4.68. The molecule has 12 heteroatoms. The van der Waals surface area contributed by atoms with Crippen molar-refractivity contribution < 1.29 is 26.7 Å². The lowest BCUT2D eigenvalue weighted by molar-refractivity contribution is -0.142. The van der Waals surface area contributed by atoms with E-state index in [4.69, 9.17) is 4.74 Å². The minimum Gasteiger partial charge on any atom is -0.491 e.